The van der Waals surface area contributed by atoms with Gasteiger partial charge in [0.05, 0.1) is 12.7 Å². The molecule has 2 aliphatic rings. The van der Waals surface area contributed by atoms with Crippen LogP contribution in [0.15, 0.2) is 24.3 Å². The molecule has 0 fully saturated rings. The van der Waals surface area contributed by atoms with Crippen molar-refractivity contribution in [3.63, 3.8) is 0 Å². The molecular weight excluding hydrogens is 308 g/mol. The predicted molar refractivity (Wildman–Crippen MR) is 92.3 cm³/mol. The van der Waals surface area contributed by atoms with E-state index in [9.17, 15) is 4.79 Å². The van der Waals surface area contributed by atoms with E-state index in [1.807, 2.05) is 24.3 Å². The normalized spacial score (nSPS) is 22.6. The van der Waals surface area contributed by atoms with Crippen LogP contribution in [0.4, 0.5) is 5.00 Å². The molecule has 1 aromatic carbocycles. The molecule has 1 amide bonds. The first-order chi connectivity index (χ1) is 11.2. The lowest BCUT2D eigenvalue weighted by Gasteiger charge is -2.27. The molecule has 0 unspecified atom stereocenters. The molecule has 1 aliphatic heterocycles. The lowest BCUT2D eigenvalue weighted by Crippen LogP contribution is -2.38. The average Bonchev–Trinajstić information content (AvgIpc) is 2.92. The molecule has 2 heterocycles. The van der Waals surface area contributed by atoms with Gasteiger partial charge < -0.3 is 15.4 Å². The molecule has 4 nitrogen and oxygen atoms in total. The van der Waals surface area contributed by atoms with Gasteiger partial charge >= 0.3 is 0 Å². The van der Waals surface area contributed by atoms with Crippen LogP contribution in [0.1, 0.15) is 45.9 Å². The maximum Gasteiger partial charge on any atom is 0.256 e. The Labute approximate surface area is 139 Å². The van der Waals surface area contributed by atoms with E-state index in [4.69, 9.17) is 4.74 Å². The highest BCUT2D eigenvalue weighted by Crippen LogP contribution is 2.42. The molecule has 0 saturated heterocycles. The molecule has 0 spiro atoms. The third-order valence-corrected chi connectivity index (χ3v) is 5.90. The van der Waals surface area contributed by atoms with E-state index in [0.29, 0.717) is 5.92 Å². The summed E-state index contributed by atoms with van der Waals surface area (Å²) in [7, 11) is 1.65. The van der Waals surface area contributed by atoms with E-state index >= 15 is 0 Å². The Bertz CT molecular complexity index is 768. The first-order valence-electron chi connectivity index (χ1n) is 8.01. The van der Waals surface area contributed by atoms with Gasteiger partial charge in [0, 0.05) is 4.88 Å². The lowest BCUT2D eigenvalue weighted by molar-refractivity contribution is 0.0935. The van der Waals surface area contributed by atoms with Gasteiger partial charge in [0.15, 0.2) is 0 Å². The summed E-state index contributed by atoms with van der Waals surface area (Å²) in [6.07, 6.45) is 3.07. The molecular formula is C18H20N2O2S. The second-order valence-electron chi connectivity index (χ2n) is 6.38. The number of fused-ring (bicyclic) bond motifs is 3. The monoisotopic (exact) mass is 328 g/mol. The zero-order valence-electron chi connectivity index (χ0n) is 13.3. The van der Waals surface area contributed by atoms with E-state index in [1.165, 1.54) is 16.9 Å². The Morgan fingerprint density at radius 3 is 3.00 bits per heavy atom. The van der Waals surface area contributed by atoms with Crippen LogP contribution >= 0.6 is 11.3 Å². The number of nitrogens with one attached hydrogen (secondary N) is 2. The molecule has 1 aromatic heterocycles. The van der Waals surface area contributed by atoms with Crippen molar-refractivity contribution in [2.45, 2.75) is 32.4 Å². The number of hydrogen-bond donors (Lipinski definition) is 2. The summed E-state index contributed by atoms with van der Waals surface area (Å²) < 4.78 is 5.28. The van der Waals surface area contributed by atoms with E-state index in [2.05, 4.69) is 17.6 Å². The van der Waals surface area contributed by atoms with Gasteiger partial charge in [-0.3, -0.25) is 4.79 Å². The minimum Gasteiger partial charge on any atom is -0.497 e. The summed E-state index contributed by atoms with van der Waals surface area (Å²) in [5.74, 6) is 1.54. The van der Waals surface area contributed by atoms with Gasteiger partial charge in [-0.15, -0.1) is 11.3 Å². The van der Waals surface area contributed by atoms with Crippen molar-refractivity contribution in [2.24, 2.45) is 5.92 Å². The summed E-state index contributed by atoms with van der Waals surface area (Å²) in [6, 6.07) is 7.81. The zero-order chi connectivity index (χ0) is 16.0. The molecule has 1 aliphatic carbocycles. The molecule has 2 atom stereocenters. The van der Waals surface area contributed by atoms with Crippen molar-refractivity contribution in [3.05, 3.63) is 45.8 Å². The Morgan fingerprint density at radius 1 is 1.30 bits per heavy atom. The van der Waals surface area contributed by atoms with Crippen molar-refractivity contribution in [1.29, 1.82) is 0 Å². The molecule has 2 aromatic rings. The van der Waals surface area contributed by atoms with Gasteiger partial charge in [-0.1, -0.05) is 19.1 Å². The van der Waals surface area contributed by atoms with Crippen LogP contribution in [-0.4, -0.2) is 13.0 Å². The van der Waals surface area contributed by atoms with E-state index in [1.54, 1.807) is 18.4 Å². The van der Waals surface area contributed by atoms with Crippen molar-refractivity contribution in [1.82, 2.24) is 5.32 Å². The highest BCUT2D eigenvalue weighted by Gasteiger charge is 2.33. The molecule has 0 radical (unpaired) electrons. The standard InChI is InChI=1S/C18H20N2O2S/c1-10-6-7-13-14(8-10)23-18-15(13)17(21)19-16(20-18)11-4-3-5-12(9-11)22-2/h3-5,9-10,16,20H,6-8H2,1-2H3,(H,19,21)/t10-,16+/m1/s1. The fourth-order valence-corrected chi connectivity index (χ4v) is 4.89. The largest absolute Gasteiger partial charge is 0.497 e. The highest BCUT2D eigenvalue weighted by molar-refractivity contribution is 7.16. The fourth-order valence-electron chi connectivity index (χ4n) is 3.45. The summed E-state index contributed by atoms with van der Waals surface area (Å²) in [6.45, 7) is 2.29. The number of thiophene rings is 1. The molecule has 2 N–H and O–H groups in total. The smallest absolute Gasteiger partial charge is 0.256 e. The van der Waals surface area contributed by atoms with Gasteiger partial charge in [-0.25, -0.2) is 0 Å². The number of hydrogen-bond acceptors (Lipinski definition) is 4. The summed E-state index contributed by atoms with van der Waals surface area (Å²) in [5.41, 5.74) is 3.14. The first-order valence-corrected chi connectivity index (χ1v) is 8.83. The van der Waals surface area contributed by atoms with Crippen LogP contribution in [0.3, 0.4) is 0 Å². The first kappa shape index (κ1) is 14.6. The third-order valence-electron chi connectivity index (χ3n) is 4.72. The van der Waals surface area contributed by atoms with Crippen LogP contribution in [-0.2, 0) is 12.8 Å². The van der Waals surface area contributed by atoms with Crippen molar-refractivity contribution in [3.8, 4) is 5.75 Å². The Morgan fingerprint density at radius 2 is 2.17 bits per heavy atom. The summed E-state index contributed by atoms with van der Waals surface area (Å²) in [4.78, 5) is 14.0. The van der Waals surface area contributed by atoms with Crippen LogP contribution in [0.25, 0.3) is 0 Å². The second kappa shape index (κ2) is 5.57. The average molecular weight is 328 g/mol. The van der Waals surface area contributed by atoms with E-state index < -0.39 is 0 Å². The van der Waals surface area contributed by atoms with Gasteiger partial charge in [0.25, 0.3) is 5.91 Å². The number of methoxy groups -OCH3 is 1. The molecule has 23 heavy (non-hydrogen) atoms. The van der Waals surface area contributed by atoms with Gasteiger partial charge in [-0.05, 0) is 48.4 Å². The van der Waals surface area contributed by atoms with Gasteiger partial charge in [0.2, 0.25) is 0 Å². The number of ether oxygens (including phenoxy) is 1. The fraction of sp³-hybridized carbons (Fsp3) is 0.389. The van der Waals surface area contributed by atoms with Crippen molar-refractivity contribution < 1.29 is 9.53 Å². The molecule has 5 heteroatoms. The molecule has 0 bridgehead atoms. The molecule has 120 valence electrons. The van der Waals surface area contributed by atoms with Crippen LogP contribution in [0, 0.1) is 5.92 Å². The topological polar surface area (TPSA) is 50.4 Å². The maximum atomic E-state index is 12.7. The number of anilines is 1. The van der Waals surface area contributed by atoms with Crippen LogP contribution in [0.2, 0.25) is 0 Å². The number of rotatable bonds is 2. The number of benzene rings is 1. The zero-order valence-corrected chi connectivity index (χ0v) is 14.1. The van der Waals surface area contributed by atoms with Gasteiger partial charge in [-0.2, -0.15) is 0 Å². The van der Waals surface area contributed by atoms with Gasteiger partial charge in [0.1, 0.15) is 16.9 Å². The SMILES string of the molecule is COc1cccc([C@H]2NC(=O)c3c(sc4c3CC[C@@H](C)C4)N2)c1. The highest BCUT2D eigenvalue weighted by atomic mass is 32.1. The Kier molecular flexibility index (Phi) is 3.53. The summed E-state index contributed by atoms with van der Waals surface area (Å²) in [5, 5.41) is 7.60. The van der Waals surface area contributed by atoms with Crippen molar-refractivity contribution in [2.75, 3.05) is 12.4 Å². The predicted octanol–water partition coefficient (Wildman–Crippen LogP) is 3.74. The van der Waals surface area contributed by atoms with Crippen LogP contribution < -0.4 is 15.4 Å². The Hall–Kier alpha value is -2.01. The van der Waals surface area contributed by atoms with Crippen molar-refractivity contribution >= 4 is 22.2 Å². The molecule has 0 saturated carbocycles. The summed E-state index contributed by atoms with van der Waals surface area (Å²) >= 11 is 1.75. The Balaban J connectivity index is 1.68. The minimum absolute atomic E-state index is 0.0404. The second-order valence-corrected chi connectivity index (χ2v) is 7.49. The number of carbonyl (C=O) groups is 1. The lowest BCUT2D eigenvalue weighted by atomic mass is 9.88. The number of carbonyl (C=O) groups excluding carboxylic acids is 1. The van der Waals surface area contributed by atoms with Crippen LogP contribution in [0.5, 0.6) is 5.75 Å². The maximum absolute atomic E-state index is 12.7. The third kappa shape index (κ3) is 2.49. The molecule has 4 rings (SSSR count). The van der Waals surface area contributed by atoms with E-state index in [-0.39, 0.29) is 12.1 Å². The van der Waals surface area contributed by atoms with E-state index in [0.717, 1.165) is 34.7 Å². The minimum atomic E-state index is -0.206. The quantitative estimate of drug-likeness (QED) is 0.883. The number of amides is 1.